The number of rotatable bonds is 5. The molecule has 3 rings (SSSR count). The van der Waals surface area contributed by atoms with Crippen molar-refractivity contribution in [2.75, 3.05) is 6.54 Å². The highest BCUT2D eigenvalue weighted by atomic mass is 35.5. The molecule has 0 radical (unpaired) electrons. The van der Waals surface area contributed by atoms with Crippen molar-refractivity contribution in [3.05, 3.63) is 58.1 Å². The van der Waals surface area contributed by atoms with Gasteiger partial charge in [0.2, 0.25) is 5.91 Å². The second-order valence-corrected chi connectivity index (χ2v) is 7.35. The molecule has 1 heterocycles. The number of amides is 2. The lowest BCUT2D eigenvalue weighted by Crippen LogP contribution is -2.45. The Balaban J connectivity index is 1.92. The largest absolute Gasteiger partial charge is 0.455 e. The Kier molecular flexibility index (Phi) is 6.55. The molecule has 0 aromatic heterocycles. The molecular formula is C21H20ClF3N2O3. The number of benzene rings is 2. The van der Waals surface area contributed by atoms with Crippen LogP contribution in [0, 0.1) is 0 Å². The summed E-state index contributed by atoms with van der Waals surface area (Å²) >= 11 is 6.22. The van der Waals surface area contributed by atoms with Crippen LogP contribution in [-0.4, -0.2) is 24.4 Å². The van der Waals surface area contributed by atoms with Gasteiger partial charge in [-0.25, -0.2) is 0 Å². The molecular weight excluding hydrogens is 421 g/mol. The Morgan fingerprint density at radius 2 is 1.97 bits per heavy atom. The number of carbonyl (C=O) groups excluding carboxylic acids is 2. The molecule has 2 aromatic rings. The average Bonchev–Trinajstić information content (AvgIpc) is 2.68. The third-order valence-corrected chi connectivity index (χ3v) is 5.05. The van der Waals surface area contributed by atoms with Gasteiger partial charge in [-0.3, -0.25) is 9.59 Å². The number of alkyl halides is 3. The standard InChI is InChI=1S/C21H20ClF3N2O3/c1-2-12-3-5-18(16(22)9-12)30-17-6-4-13(21(23,24)25)10-15(17)20(29)27-14-7-8-26-19(28)11-14/h3-6,9-10,14H,2,7-8,11H2,1H3,(H,26,28)(H,27,29). The fraction of sp³-hybridized carbons (Fsp3) is 0.333. The second kappa shape index (κ2) is 8.95. The van der Waals surface area contributed by atoms with Crippen LogP contribution < -0.4 is 15.4 Å². The van der Waals surface area contributed by atoms with E-state index in [0.29, 0.717) is 13.0 Å². The van der Waals surface area contributed by atoms with Gasteiger partial charge in [0.1, 0.15) is 11.5 Å². The molecule has 1 aliphatic rings. The van der Waals surface area contributed by atoms with E-state index in [-0.39, 0.29) is 34.4 Å². The lowest BCUT2D eigenvalue weighted by atomic mass is 10.0. The number of nitrogens with one attached hydrogen (secondary N) is 2. The topological polar surface area (TPSA) is 67.4 Å². The van der Waals surface area contributed by atoms with Crippen LogP contribution in [0.15, 0.2) is 36.4 Å². The van der Waals surface area contributed by atoms with E-state index < -0.39 is 23.7 Å². The van der Waals surface area contributed by atoms with Crippen LogP contribution in [0.4, 0.5) is 13.2 Å². The molecule has 2 amide bonds. The predicted molar refractivity (Wildman–Crippen MR) is 106 cm³/mol. The first-order chi connectivity index (χ1) is 14.2. The van der Waals surface area contributed by atoms with Gasteiger partial charge in [-0.15, -0.1) is 0 Å². The number of carbonyl (C=O) groups is 2. The summed E-state index contributed by atoms with van der Waals surface area (Å²) in [5, 5.41) is 5.54. The minimum absolute atomic E-state index is 0.0607. The van der Waals surface area contributed by atoms with Gasteiger partial charge in [-0.1, -0.05) is 24.6 Å². The zero-order valence-corrected chi connectivity index (χ0v) is 16.9. The first-order valence-electron chi connectivity index (χ1n) is 9.42. The van der Waals surface area contributed by atoms with Crippen molar-refractivity contribution in [1.82, 2.24) is 10.6 Å². The summed E-state index contributed by atoms with van der Waals surface area (Å²) in [7, 11) is 0. The fourth-order valence-corrected chi connectivity index (χ4v) is 3.35. The van der Waals surface area contributed by atoms with Crippen molar-refractivity contribution in [2.24, 2.45) is 0 Å². The van der Waals surface area contributed by atoms with Crippen LogP contribution in [0.25, 0.3) is 0 Å². The third-order valence-electron chi connectivity index (χ3n) is 4.76. The summed E-state index contributed by atoms with van der Waals surface area (Å²) in [6, 6.07) is 7.28. The van der Waals surface area contributed by atoms with Crippen molar-refractivity contribution in [1.29, 1.82) is 0 Å². The second-order valence-electron chi connectivity index (χ2n) is 6.94. The summed E-state index contributed by atoms with van der Waals surface area (Å²) in [6.45, 7) is 2.34. The van der Waals surface area contributed by atoms with Gasteiger partial charge in [0.25, 0.3) is 5.91 Å². The zero-order chi connectivity index (χ0) is 21.9. The molecule has 5 nitrogen and oxygen atoms in total. The first kappa shape index (κ1) is 22.0. The smallest absolute Gasteiger partial charge is 0.416 e. The maximum atomic E-state index is 13.2. The normalized spacial score (nSPS) is 16.7. The van der Waals surface area contributed by atoms with Crippen LogP contribution in [0.3, 0.4) is 0 Å². The van der Waals surface area contributed by atoms with Crippen molar-refractivity contribution < 1.29 is 27.5 Å². The summed E-state index contributed by atoms with van der Waals surface area (Å²) in [4.78, 5) is 24.3. The van der Waals surface area contributed by atoms with Crippen molar-refractivity contribution >= 4 is 23.4 Å². The average molecular weight is 441 g/mol. The number of ether oxygens (including phenoxy) is 1. The molecule has 1 fully saturated rings. The van der Waals surface area contributed by atoms with Crippen molar-refractivity contribution in [2.45, 2.75) is 38.4 Å². The maximum Gasteiger partial charge on any atom is 0.416 e. The number of piperidine rings is 1. The van der Waals surface area contributed by atoms with Crippen molar-refractivity contribution in [3.63, 3.8) is 0 Å². The predicted octanol–water partition coefficient (Wildman–Crippen LogP) is 4.72. The van der Waals surface area contributed by atoms with E-state index in [1.807, 2.05) is 6.92 Å². The Labute approximate surface area is 176 Å². The minimum Gasteiger partial charge on any atom is -0.455 e. The van der Waals surface area contributed by atoms with Gasteiger partial charge in [0.05, 0.1) is 16.1 Å². The molecule has 0 bridgehead atoms. The molecule has 1 atom stereocenters. The van der Waals surface area contributed by atoms with Gasteiger partial charge in [-0.2, -0.15) is 13.2 Å². The van der Waals surface area contributed by atoms with Gasteiger partial charge in [0.15, 0.2) is 0 Å². The molecule has 0 saturated carbocycles. The molecule has 1 saturated heterocycles. The van der Waals surface area contributed by atoms with E-state index in [2.05, 4.69) is 10.6 Å². The van der Waals surface area contributed by atoms with Gasteiger partial charge in [-0.05, 0) is 48.7 Å². The van der Waals surface area contributed by atoms with Gasteiger partial charge in [0, 0.05) is 19.0 Å². The molecule has 2 N–H and O–H groups in total. The summed E-state index contributed by atoms with van der Waals surface area (Å²) in [6.07, 6.45) is -3.33. The zero-order valence-electron chi connectivity index (χ0n) is 16.1. The number of aryl methyl sites for hydroxylation is 1. The summed E-state index contributed by atoms with van der Waals surface area (Å²) in [5.74, 6) is -0.821. The highest BCUT2D eigenvalue weighted by Crippen LogP contribution is 2.36. The first-order valence-corrected chi connectivity index (χ1v) is 9.80. The Morgan fingerprint density at radius 3 is 2.60 bits per heavy atom. The highest BCUT2D eigenvalue weighted by Gasteiger charge is 2.33. The SMILES string of the molecule is CCc1ccc(Oc2ccc(C(F)(F)F)cc2C(=O)NC2CCNC(=O)C2)c(Cl)c1. The Hall–Kier alpha value is -2.74. The maximum absolute atomic E-state index is 13.2. The van der Waals surface area contributed by atoms with Gasteiger partial charge < -0.3 is 15.4 Å². The monoisotopic (exact) mass is 440 g/mol. The Bertz CT molecular complexity index is 963. The lowest BCUT2D eigenvalue weighted by molar-refractivity contribution is -0.137. The molecule has 160 valence electrons. The van der Waals surface area contributed by atoms with E-state index in [1.165, 1.54) is 0 Å². The number of hydrogen-bond acceptors (Lipinski definition) is 3. The third kappa shape index (κ3) is 5.24. The van der Waals surface area contributed by atoms with E-state index in [4.69, 9.17) is 16.3 Å². The molecule has 0 aliphatic carbocycles. The highest BCUT2D eigenvalue weighted by molar-refractivity contribution is 6.32. The van der Waals surface area contributed by atoms with E-state index in [1.54, 1.807) is 18.2 Å². The Morgan fingerprint density at radius 1 is 1.23 bits per heavy atom. The van der Waals surface area contributed by atoms with Gasteiger partial charge >= 0.3 is 6.18 Å². The van der Waals surface area contributed by atoms with Crippen LogP contribution >= 0.6 is 11.6 Å². The number of hydrogen-bond donors (Lipinski definition) is 2. The fourth-order valence-electron chi connectivity index (χ4n) is 3.11. The molecule has 9 heteroatoms. The summed E-state index contributed by atoms with van der Waals surface area (Å²) in [5.41, 5.74) is -0.298. The van der Waals surface area contributed by atoms with E-state index >= 15 is 0 Å². The minimum atomic E-state index is -4.63. The molecule has 30 heavy (non-hydrogen) atoms. The molecule has 2 aromatic carbocycles. The molecule has 1 aliphatic heterocycles. The molecule has 0 spiro atoms. The quantitative estimate of drug-likeness (QED) is 0.706. The number of halogens is 4. The van der Waals surface area contributed by atoms with Crippen LogP contribution in [0.2, 0.25) is 5.02 Å². The van der Waals surface area contributed by atoms with Crippen LogP contribution in [0.5, 0.6) is 11.5 Å². The van der Waals surface area contributed by atoms with Crippen LogP contribution in [-0.2, 0) is 17.4 Å². The molecule has 1 unspecified atom stereocenters. The summed E-state index contributed by atoms with van der Waals surface area (Å²) < 4.78 is 45.3. The lowest BCUT2D eigenvalue weighted by Gasteiger charge is -2.24. The van der Waals surface area contributed by atoms with E-state index in [0.717, 1.165) is 30.2 Å². The van der Waals surface area contributed by atoms with Crippen LogP contribution in [0.1, 0.15) is 41.3 Å². The van der Waals surface area contributed by atoms with Crippen molar-refractivity contribution in [3.8, 4) is 11.5 Å². The van der Waals surface area contributed by atoms with E-state index in [9.17, 15) is 22.8 Å².